The van der Waals surface area contributed by atoms with Gasteiger partial charge < -0.3 is 24.6 Å². The van der Waals surface area contributed by atoms with Crippen LogP contribution in [0.4, 0.5) is 4.79 Å². The van der Waals surface area contributed by atoms with Crippen molar-refractivity contribution >= 4 is 6.09 Å². The summed E-state index contributed by atoms with van der Waals surface area (Å²) in [6.45, 7) is 6.00. The minimum atomic E-state index is -0.810. The van der Waals surface area contributed by atoms with E-state index in [4.69, 9.17) is 14.2 Å². The van der Waals surface area contributed by atoms with E-state index >= 15 is 0 Å². The number of carbonyl (C=O) groups is 1. The fourth-order valence-corrected chi connectivity index (χ4v) is 4.16. The van der Waals surface area contributed by atoms with E-state index in [1.807, 2.05) is 87.3 Å². The molecule has 0 saturated heterocycles. The zero-order chi connectivity index (χ0) is 23.3. The Morgan fingerprint density at radius 2 is 1.78 bits per heavy atom. The largest absolute Gasteiger partial charge is 0.496 e. The van der Waals surface area contributed by atoms with Crippen molar-refractivity contribution in [2.45, 2.75) is 63.6 Å². The van der Waals surface area contributed by atoms with Gasteiger partial charge in [0.15, 0.2) is 0 Å². The van der Waals surface area contributed by atoms with Crippen molar-refractivity contribution in [1.82, 2.24) is 10.2 Å². The molecule has 0 radical (unpaired) electrons. The molecule has 4 atom stereocenters. The summed E-state index contributed by atoms with van der Waals surface area (Å²) in [6.07, 6.45) is -1.33. The number of nitrogens with one attached hydrogen (secondary N) is 1. The summed E-state index contributed by atoms with van der Waals surface area (Å²) in [5.41, 5.74) is 0.383. The first-order valence-corrected chi connectivity index (χ1v) is 10.9. The molecule has 0 aliphatic heterocycles. The number of nitrogens with zero attached hydrogens (tertiary/aromatic N) is 1. The molecule has 1 amide bonds. The average Bonchev–Trinajstić information content (AvgIpc) is 3.02. The van der Waals surface area contributed by atoms with Crippen molar-refractivity contribution in [3.05, 3.63) is 60.2 Å². The molecule has 0 bridgehead atoms. The Balaban J connectivity index is 1.79. The average molecular weight is 443 g/mol. The van der Waals surface area contributed by atoms with Crippen molar-refractivity contribution in [3.63, 3.8) is 0 Å². The zero-order valence-corrected chi connectivity index (χ0v) is 19.4. The topological polar surface area (TPSA) is 80.3 Å². The standard InChI is InChI=1S/C25H34N2O5/c1-25(2,3)32-24(29)26-19-15-21(31-18-12-7-6-8-13-18)23(28)22(19)27(4)16-17-11-9-10-14-20(17)30-5/h6-14,19,21-23,28H,15-16H2,1-5H3,(H,26,29)/t19-,21-,22+,23+/m1/s1. The number of methoxy groups -OCH3 is 1. The number of carbonyl (C=O) groups excluding carboxylic acids is 1. The first kappa shape index (κ1) is 23.9. The number of aliphatic hydroxyl groups is 1. The summed E-state index contributed by atoms with van der Waals surface area (Å²) in [6, 6.07) is 16.4. The van der Waals surface area contributed by atoms with Gasteiger partial charge in [-0.1, -0.05) is 36.4 Å². The van der Waals surface area contributed by atoms with Gasteiger partial charge in [0.25, 0.3) is 0 Å². The zero-order valence-electron chi connectivity index (χ0n) is 19.4. The molecular formula is C25H34N2O5. The van der Waals surface area contributed by atoms with Gasteiger partial charge in [0.1, 0.15) is 29.3 Å². The Morgan fingerprint density at radius 3 is 2.44 bits per heavy atom. The number of amides is 1. The van der Waals surface area contributed by atoms with E-state index in [-0.39, 0.29) is 12.1 Å². The summed E-state index contributed by atoms with van der Waals surface area (Å²) >= 11 is 0. The van der Waals surface area contributed by atoms with Crippen molar-refractivity contribution in [2.75, 3.05) is 14.2 Å². The van der Waals surface area contributed by atoms with E-state index < -0.39 is 23.9 Å². The van der Waals surface area contributed by atoms with Crippen LogP contribution in [0, 0.1) is 0 Å². The molecule has 2 aromatic carbocycles. The molecule has 32 heavy (non-hydrogen) atoms. The maximum absolute atomic E-state index is 12.5. The second kappa shape index (κ2) is 10.2. The van der Waals surface area contributed by atoms with Crippen LogP contribution in [0.1, 0.15) is 32.8 Å². The minimum Gasteiger partial charge on any atom is -0.496 e. The predicted molar refractivity (Wildman–Crippen MR) is 123 cm³/mol. The number of aliphatic hydroxyl groups excluding tert-OH is 1. The SMILES string of the molecule is COc1ccccc1CN(C)[C@@H]1[C@@H](O)[C@H](Oc2ccccc2)C[C@H]1NC(=O)OC(C)(C)C. The van der Waals surface area contributed by atoms with Gasteiger partial charge in [0, 0.05) is 18.5 Å². The fraction of sp³-hybridized carbons (Fsp3) is 0.480. The Labute approximate surface area is 190 Å². The third kappa shape index (κ3) is 6.14. The van der Waals surface area contributed by atoms with Gasteiger partial charge in [-0.25, -0.2) is 4.79 Å². The van der Waals surface area contributed by atoms with Crippen LogP contribution in [-0.4, -0.2) is 60.1 Å². The molecule has 7 heteroatoms. The lowest BCUT2D eigenvalue weighted by Gasteiger charge is -2.33. The minimum absolute atomic E-state index is 0.353. The second-order valence-corrected chi connectivity index (χ2v) is 9.17. The maximum Gasteiger partial charge on any atom is 0.407 e. The first-order chi connectivity index (χ1) is 15.2. The molecule has 1 aliphatic carbocycles. The number of alkyl carbamates (subject to hydrolysis) is 1. The molecule has 0 heterocycles. The van der Waals surface area contributed by atoms with Gasteiger partial charge in [-0.2, -0.15) is 0 Å². The van der Waals surface area contributed by atoms with E-state index in [1.54, 1.807) is 7.11 Å². The van der Waals surface area contributed by atoms with Crippen LogP contribution in [0.3, 0.4) is 0 Å². The summed E-state index contributed by atoms with van der Waals surface area (Å²) in [5, 5.41) is 14.2. The van der Waals surface area contributed by atoms with Crippen molar-refractivity contribution in [3.8, 4) is 11.5 Å². The Kier molecular flexibility index (Phi) is 7.64. The summed E-state index contributed by atoms with van der Waals surface area (Å²) in [4.78, 5) is 14.5. The molecule has 2 N–H and O–H groups in total. The van der Waals surface area contributed by atoms with Gasteiger partial charge in [-0.05, 0) is 46.0 Å². The summed E-state index contributed by atoms with van der Waals surface area (Å²) in [7, 11) is 3.56. The van der Waals surface area contributed by atoms with Gasteiger partial charge in [-0.3, -0.25) is 4.90 Å². The van der Waals surface area contributed by atoms with Crippen molar-refractivity contribution in [2.24, 2.45) is 0 Å². The normalized spacial score (nSPS) is 23.1. The van der Waals surface area contributed by atoms with Gasteiger partial charge in [-0.15, -0.1) is 0 Å². The molecule has 0 spiro atoms. The number of benzene rings is 2. The van der Waals surface area contributed by atoms with Crippen LogP contribution in [0.2, 0.25) is 0 Å². The molecule has 1 fully saturated rings. The second-order valence-electron chi connectivity index (χ2n) is 9.17. The lowest BCUT2D eigenvalue weighted by molar-refractivity contribution is 0.0107. The molecule has 2 aromatic rings. The number of rotatable bonds is 7. The van der Waals surface area contributed by atoms with Gasteiger partial charge >= 0.3 is 6.09 Å². The van der Waals surface area contributed by atoms with Gasteiger partial charge in [0.05, 0.1) is 19.2 Å². The highest BCUT2D eigenvalue weighted by molar-refractivity contribution is 5.68. The quantitative estimate of drug-likeness (QED) is 0.682. The van der Waals surface area contributed by atoms with Crippen LogP contribution >= 0.6 is 0 Å². The van der Waals surface area contributed by atoms with Crippen molar-refractivity contribution < 1.29 is 24.1 Å². The lowest BCUT2D eigenvalue weighted by atomic mass is 10.1. The Hall–Kier alpha value is -2.77. The number of ether oxygens (including phenoxy) is 3. The highest BCUT2D eigenvalue weighted by Gasteiger charge is 2.47. The van der Waals surface area contributed by atoms with Crippen LogP contribution < -0.4 is 14.8 Å². The van der Waals surface area contributed by atoms with Crippen LogP contribution in [0.25, 0.3) is 0 Å². The predicted octanol–water partition coefficient (Wildman–Crippen LogP) is 3.60. The Bertz CT molecular complexity index is 883. The Morgan fingerprint density at radius 1 is 1.12 bits per heavy atom. The summed E-state index contributed by atoms with van der Waals surface area (Å²) in [5.74, 6) is 1.46. The fourth-order valence-electron chi connectivity index (χ4n) is 4.16. The molecule has 174 valence electrons. The van der Waals surface area contributed by atoms with Crippen molar-refractivity contribution in [1.29, 1.82) is 0 Å². The molecule has 1 aliphatic rings. The highest BCUT2D eigenvalue weighted by Crippen LogP contribution is 2.31. The third-order valence-electron chi connectivity index (χ3n) is 5.48. The molecule has 3 rings (SSSR count). The summed E-state index contributed by atoms with van der Waals surface area (Å²) < 4.78 is 17.0. The van der Waals surface area contributed by atoms with E-state index in [0.717, 1.165) is 11.3 Å². The van der Waals surface area contributed by atoms with Gasteiger partial charge in [0.2, 0.25) is 0 Å². The third-order valence-corrected chi connectivity index (χ3v) is 5.48. The highest BCUT2D eigenvalue weighted by atomic mass is 16.6. The molecule has 0 aromatic heterocycles. The first-order valence-electron chi connectivity index (χ1n) is 10.9. The molecule has 0 unspecified atom stereocenters. The molecule has 7 nitrogen and oxygen atoms in total. The monoisotopic (exact) mass is 442 g/mol. The van der Waals surface area contributed by atoms with Crippen LogP contribution in [0.15, 0.2) is 54.6 Å². The number of hydrogen-bond donors (Lipinski definition) is 2. The van der Waals surface area contributed by atoms with E-state index in [0.29, 0.717) is 18.7 Å². The molecule has 1 saturated carbocycles. The van der Waals surface area contributed by atoms with Crippen LogP contribution in [0.5, 0.6) is 11.5 Å². The van der Waals surface area contributed by atoms with E-state index in [9.17, 15) is 9.90 Å². The molecular weight excluding hydrogens is 408 g/mol. The number of likely N-dealkylation sites (N-methyl/N-ethyl adjacent to an activating group) is 1. The van der Waals surface area contributed by atoms with E-state index in [1.165, 1.54) is 0 Å². The van der Waals surface area contributed by atoms with Crippen LogP contribution in [-0.2, 0) is 11.3 Å². The number of hydrogen-bond acceptors (Lipinski definition) is 6. The van der Waals surface area contributed by atoms with E-state index in [2.05, 4.69) is 5.32 Å². The maximum atomic E-state index is 12.5. The lowest BCUT2D eigenvalue weighted by Crippen LogP contribution is -2.52. The number of para-hydroxylation sites is 2. The smallest absolute Gasteiger partial charge is 0.407 e.